The van der Waals surface area contributed by atoms with Crippen LogP contribution in [0.4, 0.5) is 0 Å². The molecular weight excluding hydrogens is 472 g/mol. The molecule has 3 rings (SSSR count). The second-order valence-electron chi connectivity index (χ2n) is 5.97. The highest BCUT2D eigenvalue weighted by Gasteiger charge is 2.11. The van der Waals surface area contributed by atoms with Crippen LogP contribution in [0.2, 0.25) is 5.02 Å². The number of para-hydroxylation sites is 1. The molecule has 0 aliphatic rings. The van der Waals surface area contributed by atoms with Crippen molar-refractivity contribution in [3.63, 3.8) is 0 Å². The van der Waals surface area contributed by atoms with Crippen LogP contribution in [-0.2, 0) is 4.79 Å². The van der Waals surface area contributed by atoms with Crippen molar-refractivity contribution >= 4 is 45.6 Å². The normalized spacial score (nSPS) is 10.6. The van der Waals surface area contributed by atoms with Crippen molar-refractivity contribution in [2.24, 2.45) is 5.10 Å². The largest absolute Gasteiger partial charge is 0.484 e. The number of carbonyl (C=O) groups excluding carboxylic acids is 2. The van der Waals surface area contributed by atoms with Crippen LogP contribution in [0.25, 0.3) is 0 Å². The first-order chi connectivity index (χ1) is 14.5. The van der Waals surface area contributed by atoms with Gasteiger partial charge >= 0.3 is 5.97 Å². The minimum absolute atomic E-state index is 0.188. The summed E-state index contributed by atoms with van der Waals surface area (Å²) in [5, 5.41) is 4.43. The van der Waals surface area contributed by atoms with Crippen molar-refractivity contribution < 1.29 is 19.1 Å². The van der Waals surface area contributed by atoms with Gasteiger partial charge in [0.25, 0.3) is 5.91 Å². The van der Waals surface area contributed by atoms with Crippen LogP contribution in [0.5, 0.6) is 11.5 Å². The summed E-state index contributed by atoms with van der Waals surface area (Å²) in [7, 11) is 0. The molecule has 0 fully saturated rings. The second kappa shape index (κ2) is 10.6. The quantitative estimate of drug-likeness (QED) is 0.224. The number of nitrogens with one attached hydrogen (secondary N) is 1. The Kier molecular flexibility index (Phi) is 7.59. The first-order valence-electron chi connectivity index (χ1n) is 8.78. The molecule has 0 radical (unpaired) electrons. The van der Waals surface area contributed by atoms with Crippen molar-refractivity contribution in [1.29, 1.82) is 0 Å². The number of benzene rings is 3. The third-order valence-electron chi connectivity index (χ3n) is 3.78. The van der Waals surface area contributed by atoms with E-state index in [0.717, 1.165) is 4.47 Å². The molecule has 1 amide bonds. The number of ether oxygens (including phenoxy) is 2. The molecule has 8 heteroatoms. The standard InChI is InChI=1S/C22H16BrClN2O4/c23-17-7-11-19(12-8-17)29-14-21(27)26-25-13-16-3-1-2-4-20(16)30-22(28)15-5-9-18(24)10-6-15/h1-13H,14H2,(H,26,27)/b25-13-. The molecule has 3 aromatic rings. The van der Waals surface area contributed by atoms with Crippen molar-refractivity contribution in [1.82, 2.24) is 5.43 Å². The van der Waals surface area contributed by atoms with Gasteiger partial charge in [0.1, 0.15) is 11.5 Å². The highest BCUT2D eigenvalue weighted by Crippen LogP contribution is 2.19. The molecule has 0 bridgehead atoms. The van der Waals surface area contributed by atoms with Gasteiger partial charge in [-0.15, -0.1) is 0 Å². The number of esters is 1. The summed E-state index contributed by atoms with van der Waals surface area (Å²) in [6.45, 7) is -0.188. The van der Waals surface area contributed by atoms with Gasteiger partial charge in [-0.05, 0) is 60.7 Å². The molecule has 0 aliphatic carbocycles. The molecule has 152 valence electrons. The zero-order valence-electron chi connectivity index (χ0n) is 15.5. The molecule has 0 atom stereocenters. The Morgan fingerprint density at radius 3 is 2.43 bits per heavy atom. The number of hydrazone groups is 1. The van der Waals surface area contributed by atoms with Gasteiger partial charge < -0.3 is 9.47 Å². The van der Waals surface area contributed by atoms with Gasteiger partial charge in [0.2, 0.25) is 0 Å². The van der Waals surface area contributed by atoms with E-state index in [2.05, 4.69) is 26.5 Å². The Morgan fingerprint density at radius 2 is 1.70 bits per heavy atom. The fourth-order valence-corrected chi connectivity index (χ4v) is 2.70. The Bertz CT molecular complexity index is 1050. The minimum Gasteiger partial charge on any atom is -0.484 e. The Morgan fingerprint density at radius 1 is 1.00 bits per heavy atom. The van der Waals surface area contributed by atoms with Crippen LogP contribution >= 0.6 is 27.5 Å². The number of halogens is 2. The topological polar surface area (TPSA) is 77.0 Å². The van der Waals surface area contributed by atoms with Crippen LogP contribution in [-0.4, -0.2) is 24.7 Å². The van der Waals surface area contributed by atoms with Crippen molar-refractivity contribution in [2.45, 2.75) is 0 Å². The number of nitrogens with zero attached hydrogens (tertiary/aromatic N) is 1. The van der Waals surface area contributed by atoms with E-state index < -0.39 is 11.9 Å². The zero-order valence-corrected chi connectivity index (χ0v) is 17.9. The molecule has 6 nitrogen and oxygen atoms in total. The molecule has 0 saturated heterocycles. The summed E-state index contributed by atoms with van der Waals surface area (Å²) in [6, 6.07) is 20.3. The van der Waals surface area contributed by atoms with E-state index in [0.29, 0.717) is 27.6 Å². The summed E-state index contributed by atoms with van der Waals surface area (Å²) in [5.74, 6) is -0.0809. The molecule has 0 aliphatic heterocycles. The molecule has 1 N–H and O–H groups in total. The van der Waals surface area contributed by atoms with Gasteiger partial charge in [0, 0.05) is 15.1 Å². The number of amides is 1. The van der Waals surface area contributed by atoms with Crippen LogP contribution < -0.4 is 14.9 Å². The van der Waals surface area contributed by atoms with E-state index >= 15 is 0 Å². The zero-order chi connectivity index (χ0) is 21.3. The van der Waals surface area contributed by atoms with Gasteiger partial charge in [-0.3, -0.25) is 4.79 Å². The lowest BCUT2D eigenvalue weighted by atomic mass is 10.2. The summed E-state index contributed by atoms with van der Waals surface area (Å²) >= 11 is 9.16. The summed E-state index contributed by atoms with van der Waals surface area (Å²) in [6.07, 6.45) is 1.39. The number of hydrogen-bond donors (Lipinski definition) is 1. The van der Waals surface area contributed by atoms with Crippen LogP contribution in [0.15, 0.2) is 82.4 Å². The lowest BCUT2D eigenvalue weighted by Gasteiger charge is -2.07. The molecule has 30 heavy (non-hydrogen) atoms. The molecule has 0 spiro atoms. The Hall–Kier alpha value is -3.16. The predicted molar refractivity (Wildman–Crippen MR) is 118 cm³/mol. The lowest BCUT2D eigenvalue weighted by molar-refractivity contribution is -0.123. The molecular formula is C22H16BrClN2O4. The van der Waals surface area contributed by atoms with E-state index in [9.17, 15) is 9.59 Å². The number of carbonyl (C=O) groups is 2. The van der Waals surface area contributed by atoms with E-state index in [1.165, 1.54) is 6.21 Å². The average Bonchev–Trinajstić information content (AvgIpc) is 2.75. The predicted octanol–water partition coefficient (Wildman–Crippen LogP) is 4.85. The average molecular weight is 488 g/mol. The van der Waals surface area contributed by atoms with Gasteiger partial charge in [-0.2, -0.15) is 5.10 Å². The molecule has 3 aromatic carbocycles. The van der Waals surface area contributed by atoms with Gasteiger partial charge in [-0.1, -0.05) is 39.7 Å². The monoisotopic (exact) mass is 486 g/mol. The number of hydrogen-bond acceptors (Lipinski definition) is 5. The van der Waals surface area contributed by atoms with Crippen LogP contribution in [0.3, 0.4) is 0 Å². The molecule has 0 aromatic heterocycles. The van der Waals surface area contributed by atoms with Gasteiger partial charge in [0.15, 0.2) is 6.61 Å². The maximum Gasteiger partial charge on any atom is 0.343 e. The van der Waals surface area contributed by atoms with Crippen LogP contribution in [0, 0.1) is 0 Å². The summed E-state index contributed by atoms with van der Waals surface area (Å²) in [4.78, 5) is 24.2. The smallest absolute Gasteiger partial charge is 0.343 e. The third kappa shape index (κ3) is 6.43. The lowest BCUT2D eigenvalue weighted by Crippen LogP contribution is -2.24. The van der Waals surface area contributed by atoms with Crippen molar-refractivity contribution in [3.8, 4) is 11.5 Å². The van der Waals surface area contributed by atoms with E-state index in [1.54, 1.807) is 60.7 Å². The third-order valence-corrected chi connectivity index (χ3v) is 4.56. The van der Waals surface area contributed by atoms with E-state index in [1.807, 2.05) is 12.1 Å². The van der Waals surface area contributed by atoms with Crippen molar-refractivity contribution in [3.05, 3.63) is 93.4 Å². The maximum absolute atomic E-state index is 12.3. The van der Waals surface area contributed by atoms with Crippen LogP contribution in [0.1, 0.15) is 15.9 Å². The highest BCUT2D eigenvalue weighted by molar-refractivity contribution is 9.10. The summed E-state index contributed by atoms with van der Waals surface area (Å²) < 4.78 is 11.7. The van der Waals surface area contributed by atoms with Crippen molar-refractivity contribution in [2.75, 3.05) is 6.61 Å². The fraction of sp³-hybridized carbons (Fsp3) is 0.0455. The first-order valence-corrected chi connectivity index (χ1v) is 9.95. The highest BCUT2D eigenvalue weighted by atomic mass is 79.9. The first kappa shape index (κ1) is 21.5. The van der Waals surface area contributed by atoms with E-state index in [4.69, 9.17) is 21.1 Å². The SMILES string of the molecule is O=C(COc1ccc(Br)cc1)N/N=C\c1ccccc1OC(=O)c1ccc(Cl)cc1. The Labute approximate surface area is 186 Å². The van der Waals surface area contributed by atoms with E-state index in [-0.39, 0.29) is 6.61 Å². The summed E-state index contributed by atoms with van der Waals surface area (Å²) in [5.41, 5.74) is 3.26. The molecule has 0 heterocycles. The van der Waals surface area contributed by atoms with Gasteiger partial charge in [-0.25, -0.2) is 10.2 Å². The van der Waals surface area contributed by atoms with Gasteiger partial charge in [0.05, 0.1) is 11.8 Å². The number of rotatable bonds is 7. The Balaban J connectivity index is 1.56. The fourth-order valence-electron chi connectivity index (χ4n) is 2.31. The molecule has 0 saturated carbocycles. The molecule has 0 unspecified atom stereocenters. The maximum atomic E-state index is 12.3. The second-order valence-corrected chi connectivity index (χ2v) is 7.32. The minimum atomic E-state index is -0.528.